The first-order valence-corrected chi connectivity index (χ1v) is 9.67. The maximum absolute atomic E-state index is 13.4. The SMILES string of the molecule is O=C(CC1(c2ccccc2)C(=O)Oc2c1c(=O)oc1ccccc21)c1ccccc1O. The third kappa shape index (κ3) is 2.76. The van der Waals surface area contributed by atoms with E-state index in [0.29, 0.717) is 10.9 Å². The van der Waals surface area contributed by atoms with Gasteiger partial charge in [-0.1, -0.05) is 54.6 Å². The number of ether oxygens (including phenoxy) is 1. The molecule has 1 aliphatic rings. The Morgan fingerprint density at radius 3 is 2.32 bits per heavy atom. The molecule has 0 aliphatic carbocycles. The largest absolute Gasteiger partial charge is 0.507 e. The number of Topliss-reactive ketones (excluding diaryl/α,β-unsaturated/α-hetero) is 1. The third-order valence-corrected chi connectivity index (χ3v) is 5.63. The highest BCUT2D eigenvalue weighted by Gasteiger charge is 2.55. The van der Waals surface area contributed by atoms with Crippen LogP contribution in [0.3, 0.4) is 0 Å². The lowest BCUT2D eigenvalue weighted by Crippen LogP contribution is -2.40. The molecule has 152 valence electrons. The average molecular weight is 412 g/mol. The molecule has 0 saturated heterocycles. The van der Waals surface area contributed by atoms with Crippen LogP contribution in [0.15, 0.2) is 88.1 Å². The van der Waals surface area contributed by atoms with Crippen molar-refractivity contribution < 1.29 is 23.8 Å². The number of para-hydroxylation sites is 2. The molecule has 1 aromatic heterocycles. The lowest BCUT2D eigenvalue weighted by Gasteiger charge is -2.25. The zero-order valence-electron chi connectivity index (χ0n) is 16.2. The van der Waals surface area contributed by atoms with E-state index in [9.17, 15) is 19.5 Å². The van der Waals surface area contributed by atoms with Crippen LogP contribution in [-0.4, -0.2) is 16.9 Å². The van der Waals surface area contributed by atoms with Crippen molar-refractivity contribution in [2.75, 3.05) is 0 Å². The maximum Gasteiger partial charge on any atom is 0.344 e. The molecular formula is C25H16O6. The predicted molar refractivity (Wildman–Crippen MR) is 112 cm³/mol. The number of fused-ring (bicyclic) bond motifs is 3. The Bertz CT molecular complexity index is 1400. The van der Waals surface area contributed by atoms with Gasteiger partial charge in [0, 0.05) is 6.42 Å². The molecule has 0 radical (unpaired) electrons. The minimum atomic E-state index is -1.69. The zero-order valence-corrected chi connectivity index (χ0v) is 16.2. The van der Waals surface area contributed by atoms with E-state index in [-0.39, 0.29) is 28.2 Å². The lowest BCUT2D eigenvalue weighted by molar-refractivity contribution is -0.136. The Morgan fingerprint density at radius 2 is 1.55 bits per heavy atom. The van der Waals surface area contributed by atoms with Gasteiger partial charge < -0.3 is 14.3 Å². The highest BCUT2D eigenvalue weighted by Crippen LogP contribution is 2.48. The predicted octanol–water partition coefficient (Wildman–Crippen LogP) is 3.98. The van der Waals surface area contributed by atoms with Gasteiger partial charge in [0.05, 0.1) is 10.9 Å². The molecule has 0 bridgehead atoms. The summed E-state index contributed by atoms with van der Waals surface area (Å²) >= 11 is 0. The number of hydrogen-bond donors (Lipinski definition) is 1. The number of carbonyl (C=O) groups excluding carboxylic acids is 2. The van der Waals surface area contributed by atoms with E-state index in [1.54, 1.807) is 66.7 Å². The molecule has 1 aliphatic heterocycles. The standard InChI is InChI=1S/C25H16O6/c26-18-12-6-4-10-16(18)19(27)14-25(15-8-2-1-3-9-15)21-22(31-24(25)29)17-11-5-7-13-20(17)30-23(21)28/h1-13,26H,14H2. The third-order valence-electron chi connectivity index (χ3n) is 5.63. The smallest absolute Gasteiger partial charge is 0.344 e. The fraction of sp³-hybridized carbons (Fsp3) is 0.0800. The monoisotopic (exact) mass is 412 g/mol. The molecule has 0 amide bonds. The van der Waals surface area contributed by atoms with Crippen LogP contribution >= 0.6 is 0 Å². The van der Waals surface area contributed by atoms with Gasteiger partial charge in [0.1, 0.15) is 22.3 Å². The summed E-state index contributed by atoms with van der Waals surface area (Å²) in [6, 6.07) is 21.4. The summed E-state index contributed by atoms with van der Waals surface area (Å²) in [6.07, 6.45) is -0.399. The van der Waals surface area contributed by atoms with Gasteiger partial charge in [0.25, 0.3) is 0 Å². The minimum absolute atomic E-state index is 0.00818. The van der Waals surface area contributed by atoms with Crippen molar-refractivity contribution in [3.8, 4) is 11.5 Å². The first-order valence-electron chi connectivity index (χ1n) is 9.67. The van der Waals surface area contributed by atoms with Gasteiger partial charge in [-0.3, -0.25) is 9.59 Å². The molecule has 6 nitrogen and oxygen atoms in total. The van der Waals surface area contributed by atoms with Gasteiger partial charge in [-0.15, -0.1) is 0 Å². The van der Waals surface area contributed by atoms with Crippen LogP contribution in [-0.2, 0) is 10.2 Å². The van der Waals surface area contributed by atoms with Gasteiger partial charge >= 0.3 is 11.6 Å². The normalized spacial score (nSPS) is 17.4. The van der Waals surface area contributed by atoms with Crippen molar-refractivity contribution in [2.45, 2.75) is 11.8 Å². The molecule has 31 heavy (non-hydrogen) atoms. The number of phenols is 1. The topological polar surface area (TPSA) is 93.8 Å². The summed E-state index contributed by atoms with van der Waals surface area (Å²) in [5.74, 6) is -1.33. The van der Waals surface area contributed by atoms with Gasteiger partial charge in [0.15, 0.2) is 11.5 Å². The molecule has 3 aromatic carbocycles. The summed E-state index contributed by atoms with van der Waals surface area (Å²) in [7, 11) is 0. The number of hydrogen-bond acceptors (Lipinski definition) is 6. The molecule has 0 saturated carbocycles. The Balaban J connectivity index is 1.79. The lowest BCUT2D eigenvalue weighted by atomic mass is 9.71. The number of rotatable bonds is 4. The van der Waals surface area contributed by atoms with Crippen LogP contribution in [0.25, 0.3) is 11.0 Å². The average Bonchev–Trinajstić information content (AvgIpc) is 3.08. The molecular weight excluding hydrogens is 396 g/mol. The van der Waals surface area contributed by atoms with Crippen molar-refractivity contribution in [3.63, 3.8) is 0 Å². The van der Waals surface area contributed by atoms with E-state index in [1.165, 1.54) is 12.1 Å². The van der Waals surface area contributed by atoms with Gasteiger partial charge in [-0.25, -0.2) is 4.79 Å². The van der Waals surface area contributed by atoms with Crippen molar-refractivity contribution in [1.29, 1.82) is 0 Å². The number of esters is 1. The van der Waals surface area contributed by atoms with Crippen LogP contribution in [0.4, 0.5) is 0 Å². The second-order valence-electron chi connectivity index (χ2n) is 7.37. The Morgan fingerprint density at radius 1 is 0.871 bits per heavy atom. The zero-order chi connectivity index (χ0) is 21.6. The molecule has 0 fully saturated rings. The van der Waals surface area contributed by atoms with Crippen molar-refractivity contribution in [3.05, 3.63) is 106 Å². The number of phenolic OH excluding ortho intramolecular Hbond substituents is 1. The van der Waals surface area contributed by atoms with Crippen LogP contribution < -0.4 is 10.4 Å². The van der Waals surface area contributed by atoms with E-state index in [1.807, 2.05) is 0 Å². The summed E-state index contributed by atoms with van der Waals surface area (Å²) in [5, 5.41) is 10.6. The van der Waals surface area contributed by atoms with Crippen LogP contribution in [0.2, 0.25) is 0 Å². The quantitative estimate of drug-likeness (QED) is 0.310. The fourth-order valence-electron chi connectivity index (χ4n) is 4.17. The molecule has 1 atom stereocenters. The van der Waals surface area contributed by atoms with Crippen molar-refractivity contribution in [2.24, 2.45) is 0 Å². The first-order chi connectivity index (χ1) is 15.0. The highest BCUT2D eigenvalue weighted by molar-refractivity contribution is 6.07. The molecule has 1 unspecified atom stereocenters. The number of carbonyl (C=O) groups is 2. The number of benzene rings is 3. The van der Waals surface area contributed by atoms with Gasteiger partial charge in [-0.2, -0.15) is 0 Å². The molecule has 6 heteroatoms. The molecule has 5 rings (SSSR count). The van der Waals surface area contributed by atoms with E-state index >= 15 is 0 Å². The summed E-state index contributed by atoms with van der Waals surface area (Å²) < 4.78 is 11.1. The summed E-state index contributed by atoms with van der Waals surface area (Å²) in [5.41, 5.74) is -1.66. The van der Waals surface area contributed by atoms with E-state index in [2.05, 4.69) is 0 Å². The Kier molecular flexibility index (Phi) is 4.22. The fourth-order valence-corrected chi connectivity index (χ4v) is 4.17. The maximum atomic E-state index is 13.4. The van der Waals surface area contributed by atoms with E-state index in [0.717, 1.165) is 0 Å². The van der Waals surface area contributed by atoms with Crippen molar-refractivity contribution >= 4 is 22.7 Å². The van der Waals surface area contributed by atoms with Gasteiger partial charge in [-0.05, 0) is 29.8 Å². The van der Waals surface area contributed by atoms with Crippen LogP contribution in [0.5, 0.6) is 11.5 Å². The minimum Gasteiger partial charge on any atom is -0.507 e. The van der Waals surface area contributed by atoms with Crippen LogP contribution in [0.1, 0.15) is 27.9 Å². The summed E-state index contributed by atoms with van der Waals surface area (Å²) in [4.78, 5) is 39.7. The van der Waals surface area contributed by atoms with Crippen LogP contribution in [0, 0.1) is 0 Å². The molecule has 1 N–H and O–H groups in total. The first kappa shape index (κ1) is 18.8. The Hall–Kier alpha value is -4.19. The second kappa shape index (κ2) is 6.95. The van der Waals surface area contributed by atoms with E-state index < -0.39 is 29.2 Å². The molecule has 4 aromatic rings. The van der Waals surface area contributed by atoms with Crippen molar-refractivity contribution in [1.82, 2.24) is 0 Å². The molecule has 2 heterocycles. The Labute approximate surface area is 176 Å². The second-order valence-corrected chi connectivity index (χ2v) is 7.37. The van der Waals surface area contributed by atoms with E-state index in [4.69, 9.17) is 9.15 Å². The van der Waals surface area contributed by atoms with Gasteiger partial charge in [0.2, 0.25) is 0 Å². The number of ketones is 1. The summed E-state index contributed by atoms with van der Waals surface area (Å²) in [6.45, 7) is 0. The highest BCUT2D eigenvalue weighted by atomic mass is 16.5. The number of aromatic hydroxyl groups is 1. The molecule has 0 spiro atoms.